The zero-order chi connectivity index (χ0) is 10.7. The first-order chi connectivity index (χ1) is 7.16. The largest absolute Gasteiger partial charge is 0.310 e. The van der Waals surface area contributed by atoms with E-state index in [9.17, 15) is 0 Å². The summed E-state index contributed by atoms with van der Waals surface area (Å²) in [5.74, 6) is 0. The summed E-state index contributed by atoms with van der Waals surface area (Å²) in [6.45, 7) is 5.59. The third-order valence-electron chi connectivity index (χ3n) is 3.18. The number of aromatic nitrogens is 2. The van der Waals surface area contributed by atoms with E-state index in [1.807, 2.05) is 12.4 Å². The average molecular weight is 205 g/mol. The van der Waals surface area contributed by atoms with Gasteiger partial charge in [-0.05, 0) is 24.7 Å². The molecule has 0 radical (unpaired) electrons. The van der Waals surface area contributed by atoms with Gasteiger partial charge in [-0.2, -0.15) is 0 Å². The van der Waals surface area contributed by atoms with Crippen molar-refractivity contribution in [2.45, 2.75) is 45.7 Å². The molecule has 82 valence electrons. The van der Waals surface area contributed by atoms with E-state index in [2.05, 4.69) is 29.1 Å². The van der Waals surface area contributed by atoms with Gasteiger partial charge in [0.1, 0.15) is 6.33 Å². The van der Waals surface area contributed by atoms with Crippen molar-refractivity contribution in [1.82, 2.24) is 15.3 Å². The minimum atomic E-state index is 0.519. The van der Waals surface area contributed by atoms with E-state index in [1.54, 1.807) is 6.33 Å². The van der Waals surface area contributed by atoms with Crippen LogP contribution in [0, 0.1) is 5.41 Å². The van der Waals surface area contributed by atoms with E-state index in [0.717, 1.165) is 6.54 Å². The maximum atomic E-state index is 4.01. The lowest BCUT2D eigenvalue weighted by Gasteiger charge is -2.17. The lowest BCUT2D eigenvalue weighted by molar-refractivity contribution is 0.364. The molecule has 0 aliphatic heterocycles. The fourth-order valence-electron chi connectivity index (χ4n) is 2.29. The summed E-state index contributed by atoms with van der Waals surface area (Å²) in [7, 11) is 0. The Morgan fingerprint density at radius 2 is 2.13 bits per heavy atom. The molecule has 1 aromatic rings. The molecule has 0 spiro atoms. The van der Waals surface area contributed by atoms with Crippen molar-refractivity contribution in [2.24, 2.45) is 5.41 Å². The number of rotatable bonds is 3. The molecule has 1 saturated carbocycles. The Kier molecular flexibility index (Phi) is 3.00. The standard InChI is InChI=1S/C12H19N3/c1-12(2)4-3-11(5-12)15-8-10-6-13-9-14-7-10/h6-7,9,11,15H,3-5,8H2,1-2H3. The molecule has 1 heterocycles. The van der Waals surface area contributed by atoms with Crippen molar-refractivity contribution in [3.05, 3.63) is 24.3 Å². The van der Waals surface area contributed by atoms with Crippen molar-refractivity contribution >= 4 is 0 Å². The highest BCUT2D eigenvalue weighted by atomic mass is 14.9. The molecule has 1 aliphatic rings. The maximum absolute atomic E-state index is 4.01. The van der Waals surface area contributed by atoms with Crippen LogP contribution in [0.4, 0.5) is 0 Å². The van der Waals surface area contributed by atoms with Crippen LogP contribution in [0.2, 0.25) is 0 Å². The van der Waals surface area contributed by atoms with Gasteiger partial charge in [0.25, 0.3) is 0 Å². The van der Waals surface area contributed by atoms with Crippen molar-refractivity contribution in [3.8, 4) is 0 Å². The quantitative estimate of drug-likeness (QED) is 0.821. The summed E-state index contributed by atoms with van der Waals surface area (Å²) >= 11 is 0. The topological polar surface area (TPSA) is 37.8 Å². The van der Waals surface area contributed by atoms with Crippen LogP contribution in [0.25, 0.3) is 0 Å². The molecular formula is C12H19N3. The molecule has 3 heteroatoms. The smallest absolute Gasteiger partial charge is 0.115 e. The minimum absolute atomic E-state index is 0.519. The molecule has 0 bridgehead atoms. The van der Waals surface area contributed by atoms with Crippen molar-refractivity contribution in [3.63, 3.8) is 0 Å². The van der Waals surface area contributed by atoms with Crippen LogP contribution in [0.15, 0.2) is 18.7 Å². The molecule has 15 heavy (non-hydrogen) atoms. The van der Waals surface area contributed by atoms with Crippen LogP contribution >= 0.6 is 0 Å². The zero-order valence-electron chi connectivity index (χ0n) is 9.53. The van der Waals surface area contributed by atoms with Gasteiger partial charge in [-0.1, -0.05) is 13.8 Å². The Morgan fingerprint density at radius 3 is 2.73 bits per heavy atom. The normalized spacial score (nSPS) is 24.3. The third-order valence-corrected chi connectivity index (χ3v) is 3.18. The highest BCUT2D eigenvalue weighted by Crippen LogP contribution is 2.36. The number of nitrogens with one attached hydrogen (secondary N) is 1. The fraction of sp³-hybridized carbons (Fsp3) is 0.667. The maximum Gasteiger partial charge on any atom is 0.115 e. The van der Waals surface area contributed by atoms with Crippen LogP contribution in [0.3, 0.4) is 0 Å². The first-order valence-electron chi connectivity index (χ1n) is 5.63. The van der Waals surface area contributed by atoms with Gasteiger partial charge in [0, 0.05) is 30.5 Å². The molecule has 0 aromatic carbocycles. The highest BCUT2D eigenvalue weighted by Gasteiger charge is 2.30. The summed E-state index contributed by atoms with van der Waals surface area (Å²) in [6.07, 6.45) is 9.22. The van der Waals surface area contributed by atoms with Crippen molar-refractivity contribution in [1.29, 1.82) is 0 Å². The molecule has 0 amide bonds. The van der Waals surface area contributed by atoms with Gasteiger partial charge in [0.05, 0.1) is 0 Å². The Morgan fingerprint density at radius 1 is 1.40 bits per heavy atom. The van der Waals surface area contributed by atoms with Gasteiger partial charge >= 0.3 is 0 Å². The average Bonchev–Trinajstić information content (AvgIpc) is 2.57. The Bertz CT molecular complexity index is 308. The molecule has 3 nitrogen and oxygen atoms in total. The molecule has 1 unspecified atom stereocenters. The van der Waals surface area contributed by atoms with Crippen molar-refractivity contribution < 1.29 is 0 Å². The molecule has 1 atom stereocenters. The molecular weight excluding hydrogens is 186 g/mol. The molecule has 0 saturated heterocycles. The van der Waals surface area contributed by atoms with Crippen LogP contribution in [0.5, 0.6) is 0 Å². The van der Waals surface area contributed by atoms with Crippen LogP contribution in [0.1, 0.15) is 38.7 Å². The number of hydrogen-bond acceptors (Lipinski definition) is 3. The van der Waals surface area contributed by atoms with Gasteiger partial charge in [-0.25, -0.2) is 9.97 Å². The number of hydrogen-bond donors (Lipinski definition) is 1. The SMILES string of the molecule is CC1(C)CCC(NCc2cncnc2)C1. The van der Waals surface area contributed by atoms with Gasteiger partial charge in [-0.15, -0.1) is 0 Å². The van der Waals surface area contributed by atoms with Crippen LogP contribution in [-0.4, -0.2) is 16.0 Å². The van der Waals surface area contributed by atoms with Gasteiger partial charge in [0.15, 0.2) is 0 Å². The van der Waals surface area contributed by atoms with Gasteiger partial charge < -0.3 is 5.32 Å². The van der Waals surface area contributed by atoms with E-state index >= 15 is 0 Å². The summed E-state index contributed by atoms with van der Waals surface area (Å²) in [5.41, 5.74) is 1.69. The summed E-state index contributed by atoms with van der Waals surface area (Å²) in [6, 6.07) is 0.667. The predicted molar refractivity (Wildman–Crippen MR) is 60.3 cm³/mol. The molecule has 1 aliphatic carbocycles. The van der Waals surface area contributed by atoms with Crippen LogP contribution in [-0.2, 0) is 6.54 Å². The summed E-state index contributed by atoms with van der Waals surface area (Å²) < 4.78 is 0. The summed E-state index contributed by atoms with van der Waals surface area (Å²) in [4.78, 5) is 8.01. The molecule has 2 rings (SSSR count). The second kappa shape index (κ2) is 4.27. The van der Waals surface area contributed by atoms with Crippen molar-refractivity contribution in [2.75, 3.05) is 0 Å². The highest BCUT2D eigenvalue weighted by molar-refractivity contribution is 5.02. The summed E-state index contributed by atoms with van der Waals surface area (Å²) in [5, 5.41) is 3.57. The lowest BCUT2D eigenvalue weighted by Crippen LogP contribution is -2.26. The Hall–Kier alpha value is -0.960. The monoisotopic (exact) mass is 205 g/mol. The zero-order valence-corrected chi connectivity index (χ0v) is 9.53. The Balaban J connectivity index is 1.80. The molecule has 1 N–H and O–H groups in total. The van der Waals surface area contributed by atoms with Gasteiger partial charge in [0.2, 0.25) is 0 Å². The van der Waals surface area contributed by atoms with Gasteiger partial charge in [-0.3, -0.25) is 0 Å². The predicted octanol–water partition coefficient (Wildman–Crippen LogP) is 2.14. The van der Waals surface area contributed by atoms with E-state index in [1.165, 1.54) is 24.8 Å². The fourth-order valence-corrected chi connectivity index (χ4v) is 2.29. The Labute approximate surface area is 91.3 Å². The first kappa shape index (κ1) is 10.6. The molecule has 1 fully saturated rings. The third kappa shape index (κ3) is 2.99. The van der Waals surface area contributed by atoms with E-state index in [4.69, 9.17) is 0 Å². The lowest BCUT2D eigenvalue weighted by atomic mass is 9.92. The second-order valence-corrected chi connectivity index (χ2v) is 5.23. The van der Waals surface area contributed by atoms with E-state index < -0.39 is 0 Å². The minimum Gasteiger partial charge on any atom is -0.310 e. The second-order valence-electron chi connectivity index (χ2n) is 5.23. The van der Waals surface area contributed by atoms with E-state index in [0.29, 0.717) is 11.5 Å². The first-order valence-corrected chi connectivity index (χ1v) is 5.63. The van der Waals surface area contributed by atoms with Crippen LogP contribution < -0.4 is 5.32 Å². The van der Waals surface area contributed by atoms with E-state index in [-0.39, 0.29) is 0 Å². The number of nitrogens with zero attached hydrogens (tertiary/aromatic N) is 2. The molecule has 1 aromatic heterocycles.